The quantitative estimate of drug-likeness (QED) is 0.639. The minimum atomic E-state index is 0.341. The summed E-state index contributed by atoms with van der Waals surface area (Å²) in [6.45, 7) is 3.41. The molecule has 1 aliphatic carbocycles. The van der Waals surface area contributed by atoms with Crippen molar-refractivity contribution in [3.05, 3.63) is 28.2 Å². The van der Waals surface area contributed by atoms with E-state index in [2.05, 4.69) is 52.0 Å². The Bertz CT molecular complexity index is 569. The van der Waals surface area contributed by atoms with Gasteiger partial charge in [-0.2, -0.15) is 5.26 Å². The van der Waals surface area contributed by atoms with Crippen molar-refractivity contribution < 1.29 is 0 Å². The Balaban J connectivity index is 1.97. The second kappa shape index (κ2) is 6.62. The topological polar surface area (TPSA) is 27.0 Å². The molecule has 1 unspecified atom stereocenters. The summed E-state index contributed by atoms with van der Waals surface area (Å²) in [5.41, 5.74) is 3.23. The van der Waals surface area contributed by atoms with Crippen molar-refractivity contribution in [2.75, 3.05) is 11.4 Å². The Morgan fingerprint density at radius 2 is 2.09 bits per heavy atom. The van der Waals surface area contributed by atoms with Crippen molar-refractivity contribution in [1.29, 1.82) is 5.26 Å². The SMILES string of the molecule is CC1CC2(CCCCC2)N(CCCC#N)c2ccc(Br)cc21. The highest BCUT2D eigenvalue weighted by molar-refractivity contribution is 9.10. The summed E-state index contributed by atoms with van der Waals surface area (Å²) in [6.07, 6.45) is 9.63. The summed E-state index contributed by atoms with van der Waals surface area (Å²) >= 11 is 3.63. The van der Waals surface area contributed by atoms with Crippen molar-refractivity contribution >= 4 is 21.6 Å². The number of unbranched alkanes of at least 4 members (excludes halogenated alkanes) is 1. The average Bonchev–Trinajstić information content (AvgIpc) is 2.52. The van der Waals surface area contributed by atoms with Gasteiger partial charge < -0.3 is 4.90 Å². The third-order valence-electron chi connectivity index (χ3n) is 5.52. The molecule has 0 N–H and O–H groups in total. The maximum absolute atomic E-state index is 8.90. The van der Waals surface area contributed by atoms with Gasteiger partial charge in [0.15, 0.2) is 0 Å². The second-order valence-electron chi connectivity index (χ2n) is 7.01. The van der Waals surface area contributed by atoms with E-state index >= 15 is 0 Å². The van der Waals surface area contributed by atoms with E-state index in [-0.39, 0.29) is 0 Å². The molecule has 2 aliphatic rings. The van der Waals surface area contributed by atoms with E-state index < -0.39 is 0 Å². The summed E-state index contributed by atoms with van der Waals surface area (Å²) in [5, 5.41) is 8.90. The third-order valence-corrected chi connectivity index (χ3v) is 6.02. The highest BCUT2D eigenvalue weighted by Crippen LogP contribution is 2.50. The molecule has 1 saturated carbocycles. The second-order valence-corrected chi connectivity index (χ2v) is 7.92. The number of fused-ring (bicyclic) bond motifs is 1. The van der Waals surface area contributed by atoms with Gasteiger partial charge in [0.2, 0.25) is 0 Å². The van der Waals surface area contributed by atoms with E-state index in [1.807, 2.05) is 0 Å². The number of rotatable bonds is 3. The summed E-state index contributed by atoms with van der Waals surface area (Å²) in [4.78, 5) is 2.67. The number of benzene rings is 1. The van der Waals surface area contributed by atoms with Crippen LogP contribution in [0, 0.1) is 11.3 Å². The van der Waals surface area contributed by atoms with Crippen LogP contribution in [0.3, 0.4) is 0 Å². The van der Waals surface area contributed by atoms with E-state index in [1.165, 1.54) is 54.2 Å². The molecule has 22 heavy (non-hydrogen) atoms. The normalized spacial score (nSPS) is 23.1. The number of nitriles is 1. The molecule has 3 heteroatoms. The fourth-order valence-corrected chi connectivity index (χ4v) is 4.95. The van der Waals surface area contributed by atoms with Crippen LogP contribution in [0.5, 0.6) is 0 Å². The van der Waals surface area contributed by atoms with Gasteiger partial charge in [-0.05, 0) is 55.4 Å². The molecule has 3 rings (SSSR count). The van der Waals surface area contributed by atoms with Crippen molar-refractivity contribution in [3.63, 3.8) is 0 Å². The summed E-state index contributed by atoms with van der Waals surface area (Å²) in [5.74, 6) is 0.623. The summed E-state index contributed by atoms with van der Waals surface area (Å²) in [6, 6.07) is 9.07. The minimum absolute atomic E-state index is 0.341. The fraction of sp³-hybridized carbons (Fsp3) is 0.632. The molecule has 0 aromatic heterocycles. The van der Waals surface area contributed by atoms with Crippen LogP contribution in [-0.4, -0.2) is 12.1 Å². The molecule has 1 aromatic rings. The molecule has 0 saturated heterocycles. The number of halogens is 1. The van der Waals surface area contributed by atoms with Crippen LogP contribution in [0.15, 0.2) is 22.7 Å². The lowest BCUT2D eigenvalue weighted by atomic mass is 9.70. The molecule has 0 amide bonds. The standard InChI is InChI=1S/C19H25BrN2/c1-15-14-19(9-3-2-4-10-19)22(12-6-5-11-21)18-8-7-16(20)13-17(15)18/h7-8,13,15H,2-6,9-10,12,14H2,1H3. The fourth-order valence-electron chi connectivity index (χ4n) is 4.57. The monoisotopic (exact) mass is 360 g/mol. The number of hydrogen-bond acceptors (Lipinski definition) is 2. The Morgan fingerprint density at radius 3 is 2.82 bits per heavy atom. The van der Waals surface area contributed by atoms with Crippen molar-refractivity contribution in [2.45, 2.75) is 69.7 Å². The van der Waals surface area contributed by atoms with Gasteiger partial charge in [-0.3, -0.25) is 0 Å². The Kier molecular flexibility index (Phi) is 4.78. The molecule has 1 fully saturated rings. The van der Waals surface area contributed by atoms with Crippen LogP contribution < -0.4 is 4.90 Å². The highest BCUT2D eigenvalue weighted by atomic mass is 79.9. The molecular formula is C19H25BrN2. The van der Waals surface area contributed by atoms with E-state index in [4.69, 9.17) is 5.26 Å². The smallest absolute Gasteiger partial charge is 0.0622 e. The maximum atomic E-state index is 8.90. The van der Waals surface area contributed by atoms with Gasteiger partial charge in [-0.15, -0.1) is 0 Å². The minimum Gasteiger partial charge on any atom is -0.366 e. The van der Waals surface area contributed by atoms with Gasteiger partial charge in [0.25, 0.3) is 0 Å². The van der Waals surface area contributed by atoms with Gasteiger partial charge in [0.1, 0.15) is 0 Å². The first-order valence-corrected chi connectivity index (χ1v) is 9.40. The first-order valence-electron chi connectivity index (χ1n) is 8.60. The van der Waals surface area contributed by atoms with Crippen molar-refractivity contribution in [3.8, 4) is 6.07 Å². The molecule has 1 heterocycles. The van der Waals surface area contributed by atoms with Crippen LogP contribution >= 0.6 is 15.9 Å². The van der Waals surface area contributed by atoms with Gasteiger partial charge >= 0.3 is 0 Å². The van der Waals surface area contributed by atoms with E-state index in [0.717, 1.165) is 13.0 Å². The Hall–Kier alpha value is -1.01. The number of anilines is 1. The number of hydrogen-bond donors (Lipinski definition) is 0. The lowest BCUT2D eigenvalue weighted by molar-refractivity contribution is 0.233. The third kappa shape index (κ3) is 2.91. The lowest BCUT2D eigenvalue weighted by Crippen LogP contribution is -2.54. The van der Waals surface area contributed by atoms with Crippen LogP contribution in [-0.2, 0) is 0 Å². The van der Waals surface area contributed by atoms with Gasteiger partial charge in [0.05, 0.1) is 6.07 Å². The van der Waals surface area contributed by atoms with E-state index in [0.29, 0.717) is 17.9 Å². The number of nitrogens with zero attached hydrogens (tertiary/aromatic N) is 2. The molecule has 1 aromatic carbocycles. The van der Waals surface area contributed by atoms with E-state index in [1.54, 1.807) is 0 Å². The zero-order valence-corrected chi connectivity index (χ0v) is 15.0. The highest BCUT2D eigenvalue weighted by Gasteiger charge is 2.43. The average molecular weight is 361 g/mol. The molecule has 2 nitrogen and oxygen atoms in total. The molecule has 1 aliphatic heterocycles. The zero-order chi connectivity index (χ0) is 15.6. The predicted octanol–water partition coefficient (Wildman–Crippen LogP) is 5.77. The predicted molar refractivity (Wildman–Crippen MR) is 95.2 cm³/mol. The van der Waals surface area contributed by atoms with Crippen LogP contribution in [0.2, 0.25) is 0 Å². The Morgan fingerprint density at radius 1 is 1.32 bits per heavy atom. The summed E-state index contributed by atoms with van der Waals surface area (Å²) in [7, 11) is 0. The van der Waals surface area contributed by atoms with Gasteiger partial charge in [-0.25, -0.2) is 0 Å². The summed E-state index contributed by atoms with van der Waals surface area (Å²) < 4.78 is 1.18. The molecule has 0 bridgehead atoms. The maximum Gasteiger partial charge on any atom is 0.0622 e. The molecule has 0 radical (unpaired) electrons. The first-order chi connectivity index (χ1) is 10.7. The van der Waals surface area contributed by atoms with Crippen LogP contribution in [0.25, 0.3) is 0 Å². The van der Waals surface area contributed by atoms with Gasteiger partial charge in [0, 0.05) is 28.7 Å². The molecule has 118 valence electrons. The Labute approximate surface area is 142 Å². The molecular weight excluding hydrogens is 336 g/mol. The van der Waals surface area contributed by atoms with Gasteiger partial charge in [-0.1, -0.05) is 42.1 Å². The molecule has 1 spiro atoms. The van der Waals surface area contributed by atoms with Crippen LogP contribution in [0.4, 0.5) is 5.69 Å². The lowest BCUT2D eigenvalue weighted by Gasteiger charge is -2.53. The van der Waals surface area contributed by atoms with Crippen molar-refractivity contribution in [1.82, 2.24) is 0 Å². The first kappa shape index (κ1) is 15.9. The van der Waals surface area contributed by atoms with Crippen LogP contribution in [0.1, 0.15) is 69.8 Å². The van der Waals surface area contributed by atoms with Crippen molar-refractivity contribution in [2.24, 2.45) is 0 Å². The molecule has 1 atom stereocenters. The largest absolute Gasteiger partial charge is 0.366 e. The van der Waals surface area contributed by atoms with E-state index in [9.17, 15) is 0 Å². The zero-order valence-electron chi connectivity index (χ0n) is 13.4.